The number of anilines is 2. The van der Waals surface area contributed by atoms with Gasteiger partial charge in [-0.15, -0.1) is 0 Å². The molecule has 4 nitrogen and oxygen atoms in total. The topological polar surface area (TPSA) is 53.2 Å². The molecule has 1 aromatic rings. The molecule has 2 aliphatic rings. The summed E-state index contributed by atoms with van der Waals surface area (Å²) in [7, 11) is 0. The average molecular weight is 203 g/mol. The molecule has 0 spiro atoms. The van der Waals surface area contributed by atoms with E-state index in [9.17, 15) is 4.79 Å². The summed E-state index contributed by atoms with van der Waals surface area (Å²) < 4.78 is 0. The van der Waals surface area contributed by atoms with Crippen molar-refractivity contribution < 1.29 is 4.79 Å². The van der Waals surface area contributed by atoms with Gasteiger partial charge in [0.05, 0.1) is 23.3 Å². The lowest BCUT2D eigenvalue weighted by molar-refractivity contribution is -0.119. The summed E-state index contributed by atoms with van der Waals surface area (Å²) in [5.74, 6) is 0.153. The lowest BCUT2D eigenvalue weighted by Gasteiger charge is -2.15. The van der Waals surface area contributed by atoms with Crippen molar-refractivity contribution in [3.05, 3.63) is 24.3 Å². The van der Waals surface area contributed by atoms with Crippen LogP contribution in [0.25, 0.3) is 0 Å². The smallest absolute Gasteiger partial charge is 0.230 e. The fourth-order valence-corrected chi connectivity index (χ4v) is 2.25. The fourth-order valence-electron chi connectivity index (χ4n) is 2.25. The Bertz CT molecular complexity index is 405. The van der Waals surface area contributed by atoms with Crippen LogP contribution in [-0.4, -0.2) is 25.0 Å². The van der Waals surface area contributed by atoms with E-state index in [-0.39, 0.29) is 17.9 Å². The first-order chi connectivity index (χ1) is 7.34. The Morgan fingerprint density at radius 1 is 1.13 bits per heavy atom. The Balaban J connectivity index is 2.00. The minimum Gasteiger partial charge on any atom is -0.378 e. The van der Waals surface area contributed by atoms with Gasteiger partial charge in [-0.05, 0) is 12.1 Å². The molecule has 1 aromatic carbocycles. The molecule has 3 N–H and O–H groups in total. The van der Waals surface area contributed by atoms with Crippen LogP contribution in [0.1, 0.15) is 0 Å². The Hall–Kier alpha value is -1.55. The SMILES string of the molecule is O=C1Nc2ccccc2NC2CNCC12. The Labute approximate surface area is 88.1 Å². The van der Waals surface area contributed by atoms with E-state index in [1.807, 2.05) is 24.3 Å². The second-order valence-electron chi connectivity index (χ2n) is 4.05. The van der Waals surface area contributed by atoms with Gasteiger partial charge >= 0.3 is 0 Å². The summed E-state index contributed by atoms with van der Waals surface area (Å²) in [4.78, 5) is 11.9. The molecular weight excluding hydrogens is 190 g/mol. The summed E-state index contributed by atoms with van der Waals surface area (Å²) in [5.41, 5.74) is 1.90. The summed E-state index contributed by atoms with van der Waals surface area (Å²) in [6.45, 7) is 1.61. The van der Waals surface area contributed by atoms with E-state index in [1.165, 1.54) is 0 Å². The van der Waals surface area contributed by atoms with Gasteiger partial charge in [-0.1, -0.05) is 12.1 Å². The molecule has 0 saturated carbocycles. The van der Waals surface area contributed by atoms with Gasteiger partial charge in [-0.25, -0.2) is 0 Å². The predicted octanol–water partition coefficient (Wildman–Crippen LogP) is 0.639. The van der Waals surface area contributed by atoms with E-state index in [1.54, 1.807) is 0 Å². The molecule has 78 valence electrons. The molecule has 1 saturated heterocycles. The quantitative estimate of drug-likeness (QED) is 0.580. The molecule has 0 bridgehead atoms. The molecule has 2 atom stereocenters. The van der Waals surface area contributed by atoms with Crippen LogP contribution in [0.2, 0.25) is 0 Å². The molecule has 0 aliphatic carbocycles. The van der Waals surface area contributed by atoms with Crippen molar-refractivity contribution in [2.45, 2.75) is 6.04 Å². The molecule has 1 amide bonds. The second-order valence-corrected chi connectivity index (χ2v) is 4.05. The summed E-state index contributed by atoms with van der Waals surface area (Å²) in [6, 6.07) is 8.04. The van der Waals surface area contributed by atoms with Crippen molar-refractivity contribution in [1.29, 1.82) is 0 Å². The van der Waals surface area contributed by atoms with Gasteiger partial charge in [0.2, 0.25) is 5.91 Å². The Kier molecular flexibility index (Phi) is 1.89. The second kappa shape index (κ2) is 3.24. The van der Waals surface area contributed by atoms with Gasteiger partial charge in [-0.3, -0.25) is 4.79 Å². The molecular formula is C11H13N3O. The van der Waals surface area contributed by atoms with Crippen molar-refractivity contribution in [1.82, 2.24) is 5.32 Å². The number of hydrogen-bond donors (Lipinski definition) is 3. The molecule has 0 aromatic heterocycles. The first-order valence-corrected chi connectivity index (χ1v) is 5.22. The zero-order valence-corrected chi connectivity index (χ0v) is 8.29. The van der Waals surface area contributed by atoms with E-state index in [2.05, 4.69) is 16.0 Å². The van der Waals surface area contributed by atoms with Crippen LogP contribution < -0.4 is 16.0 Å². The first kappa shape index (κ1) is 8.73. The summed E-state index contributed by atoms with van der Waals surface area (Å²) in [5, 5.41) is 9.59. The van der Waals surface area contributed by atoms with Gasteiger partial charge in [0.15, 0.2) is 0 Å². The standard InChI is InChI=1S/C11H13N3O/c15-11-7-5-12-6-10(7)13-8-3-1-2-4-9(8)14-11/h1-4,7,10,12-13H,5-6H2,(H,14,15). The number of nitrogens with one attached hydrogen (secondary N) is 3. The van der Waals surface area contributed by atoms with Crippen LogP contribution in [0, 0.1) is 5.92 Å². The highest BCUT2D eigenvalue weighted by molar-refractivity contribution is 5.98. The maximum absolute atomic E-state index is 11.9. The van der Waals surface area contributed by atoms with Gasteiger partial charge in [0.25, 0.3) is 0 Å². The summed E-state index contributed by atoms with van der Waals surface area (Å²) >= 11 is 0. The van der Waals surface area contributed by atoms with Gasteiger partial charge < -0.3 is 16.0 Å². The molecule has 2 unspecified atom stereocenters. The highest BCUT2D eigenvalue weighted by Crippen LogP contribution is 2.28. The highest BCUT2D eigenvalue weighted by atomic mass is 16.2. The van der Waals surface area contributed by atoms with E-state index >= 15 is 0 Å². The van der Waals surface area contributed by atoms with Gasteiger partial charge in [-0.2, -0.15) is 0 Å². The molecule has 3 rings (SSSR count). The van der Waals surface area contributed by atoms with Crippen molar-refractivity contribution in [3.8, 4) is 0 Å². The minimum atomic E-state index is 0.0393. The fraction of sp³-hybridized carbons (Fsp3) is 0.364. The van der Waals surface area contributed by atoms with Gasteiger partial charge in [0.1, 0.15) is 0 Å². The van der Waals surface area contributed by atoms with E-state index < -0.39 is 0 Å². The lowest BCUT2D eigenvalue weighted by Crippen LogP contribution is -2.33. The largest absolute Gasteiger partial charge is 0.378 e. The van der Waals surface area contributed by atoms with Crippen LogP contribution in [0.3, 0.4) is 0 Å². The third-order valence-electron chi connectivity index (χ3n) is 3.08. The first-order valence-electron chi connectivity index (χ1n) is 5.22. The average Bonchev–Trinajstić information content (AvgIpc) is 2.64. The molecule has 2 aliphatic heterocycles. The number of amides is 1. The van der Waals surface area contributed by atoms with Crippen molar-refractivity contribution in [2.75, 3.05) is 23.7 Å². The number of carbonyl (C=O) groups is 1. The van der Waals surface area contributed by atoms with Crippen molar-refractivity contribution in [3.63, 3.8) is 0 Å². The van der Waals surface area contributed by atoms with Crippen LogP contribution >= 0.6 is 0 Å². The number of benzene rings is 1. The van der Waals surface area contributed by atoms with E-state index in [0.29, 0.717) is 0 Å². The minimum absolute atomic E-state index is 0.0393. The number of para-hydroxylation sites is 2. The van der Waals surface area contributed by atoms with Crippen LogP contribution in [0.4, 0.5) is 11.4 Å². The summed E-state index contributed by atoms with van der Waals surface area (Å²) in [6.07, 6.45) is 0. The lowest BCUT2D eigenvalue weighted by atomic mass is 10.0. The van der Waals surface area contributed by atoms with Crippen LogP contribution in [-0.2, 0) is 4.79 Å². The number of rotatable bonds is 0. The third kappa shape index (κ3) is 1.37. The van der Waals surface area contributed by atoms with Crippen molar-refractivity contribution in [2.24, 2.45) is 5.92 Å². The van der Waals surface area contributed by atoms with Crippen LogP contribution in [0.5, 0.6) is 0 Å². The molecule has 4 heteroatoms. The van der Waals surface area contributed by atoms with E-state index in [0.717, 1.165) is 24.5 Å². The highest BCUT2D eigenvalue weighted by Gasteiger charge is 2.35. The van der Waals surface area contributed by atoms with Gasteiger partial charge in [0, 0.05) is 13.1 Å². The molecule has 0 radical (unpaired) electrons. The maximum Gasteiger partial charge on any atom is 0.230 e. The number of fused-ring (bicyclic) bond motifs is 2. The Morgan fingerprint density at radius 2 is 1.93 bits per heavy atom. The number of carbonyl (C=O) groups excluding carboxylic acids is 1. The third-order valence-corrected chi connectivity index (χ3v) is 3.08. The zero-order valence-electron chi connectivity index (χ0n) is 8.29. The normalized spacial score (nSPS) is 28.4. The maximum atomic E-state index is 11.9. The zero-order chi connectivity index (χ0) is 10.3. The monoisotopic (exact) mass is 203 g/mol. The van der Waals surface area contributed by atoms with E-state index in [4.69, 9.17) is 0 Å². The molecule has 2 heterocycles. The molecule has 1 fully saturated rings. The number of hydrogen-bond acceptors (Lipinski definition) is 3. The van der Waals surface area contributed by atoms with Crippen LogP contribution in [0.15, 0.2) is 24.3 Å². The predicted molar refractivity (Wildman–Crippen MR) is 58.8 cm³/mol. The van der Waals surface area contributed by atoms with Crippen molar-refractivity contribution >= 4 is 17.3 Å². The molecule has 15 heavy (non-hydrogen) atoms. The Morgan fingerprint density at radius 3 is 2.80 bits per heavy atom.